The van der Waals surface area contributed by atoms with Crippen molar-refractivity contribution in [2.45, 2.75) is 32.8 Å². The standard InChI is InChI=1S/C24H28N4O5/c1-24(2,3)33-23(30)26-14-12-25(13-15-26)19-6-4-17(5-7-19)22(29)27-11-10-18-16-20(28(31)32)8-9-21(18)27/h4-9,16H,10-15H2,1-3H3. The van der Waals surface area contributed by atoms with Gasteiger partial charge in [-0.2, -0.15) is 0 Å². The van der Waals surface area contributed by atoms with E-state index >= 15 is 0 Å². The van der Waals surface area contributed by atoms with Gasteiger partial charge in [-0.05, 0) is 63.1 Å². The molecule has 0 unspecified atom stereocenters. The lowest BCUT2D eigenvalue weighted by molar-refractivity contribution is -0.384. The van der Waals surface area contributed by atoms with Crippen molar-refractivity contribution >= 4 is 29.1 Å². The first-order valence-electron chi connectivity index (χ1n) is 11.0. The minimum absolute atomic E-state index is 0.0409. The summed E-state index contributed by atoms with van der Waals surface area (Å²) in [6.45, 7) is 8.59. The number of nitrogens with zero attached hydrogens (tertiary/aromatic N) is 4. The van der Waals surface area contributed by atoms with E-state index < -0.39 is 10.5 Å². The van der Waals surface area contributed by atoms with E-state index in [1.807, 2.05) is 32.9 Å². The number of rotatable bonds is 3. The van der Waals surface area contributed by atoms with Crippen LogP contribution in [0.25, 0.3) is 0 Å². The molecule has 9 heteroatoms. The van der Waals surface area contributed by atoms with Gasteiger partial charge in [0, 0.05) is 61.8 Å². The zero-order chi connectivity index (χ0) is 23.8. The van der Waals surface area contributed by atoms with E-state index in [1.165, 1.54) is 6.07 Å². The molecule has 1 saturated heterocycles. The van der Waals surface area contributed by atoms with Crippen molar-refractivity contribution in [3.8, 4) is 0 Å². The van der Waals surface area contributed by atoms with Crippen LogP contribution in [0.2, 0.25) is 0 Å². The lowest BCUT2D eigenvalue weighted by Crippen LogP contribution is -2.50. The first-order chi connectivity index (χ1) is 15.6. The van der Waals surface area contributed by atoms with Gasteiger partial charge in [0.15, 0.2) is 0 Å². The fourth-order valence-corrected chi connectivity index (χ4v) is 4.16. The highest BCUT2D eigenvalue weighted by molar-refractivity contribution is 6.07. The quantitative estimate of drug-likeness (QED) is 0.518. The van der Waals surface area contributed by atoms with Crippen LogP contribution in [0.3, 0.4) is 0 Å². The number of carbonyl (C=O) groups excluding carboxylic acids is 2. The normalized spacial score (nSPS) is 15.9. The summed E-state index contributed by atoms with van der Waals surface area (Å²) >= 11 is 0. The number of ether oxygens (including phenoxy) is 1. The number of nitro benzene ring substituents is 1. The number of carbonyl (C=O) groups is 2. The van der Waals surface area contributed by atoms with Gasteiger partial charge in [0.05, 0.1) is 4.92 Å². The highest BCUT2D eigenvalue weighted by Gasteiger charge is 2.28. The molecule has 0 bridgehead atoms. The number of piperazine rings is 1. The molecule has 2 heterocycles. The Bertz CT molecular complexity index is 1070. The Hall–Kier alpha value is -3.62. The number of non-ortho nitro benzene ring substituents is 1. The van der Waals surface area contributed by atoms with Gasteiger partial charge in [-0.1, -0.05) is 0 Å². The molecule has 2 aliphatic rings. The van der Waals surface area contributed by atoms with E-state index in [9.17, 15) is 19.7 Å². The molecule has 0 N–H and O–H groups in total. The van der Waals surface area contributed by atoms with Crippen LogP contribution in [0.1, 0.15) is 36.7 Å². The average Bonchev–Trinajstić information content (AvgIpc) is 3.21. The van der Waals surface area contributed by atoms with Gasteiger partial charge < -0.3 is 19.4 Å². The van der Waals surface area contributed by atoms with Crippen LogP contribution in [0.15, 0.2) is 42.5 Å². The Kier molecular flexibility index (Phi) is 5.97. The second-order valence-corrected chi connectivity index (χ2v) is 9.28. The first-order valence-corrected chi connectivity index (χ1v) is 11.0. The van der Waals surface area contributed by atoms with E-state index in [4.69, 9.17) is 4.74 Å². The molecular formula is C24H28N4O5. The molecule has 174 valence electrons. The van der Waals surface area contributed by atoms with Crippen molar-refractivity contribution in [1.82, 2.24) is 4.90 Å². The maximum Gasteiger partial charge on any atom is 0.410 e. The Labute approximate surface area is 192 Å². The molecule has 0 spiro atoms. The van der Waals surface area contributed by atoms with Crippen LogP contribution in [0.4, 0.5) is 21.9 Å². The van der Waals surface area contributed by atoms with E-state index in [-0.39, 0.29) is 17.7 Å². The van der Waals surface area contributed by atoms with Crippen molar-refractivity contribution in [1.29, 1.82) is 0 Å². The summed E-state index contributed by atoms with van der Waals surface area (Å²) < 4.78 is 5.45. The number of benzene rings is 2. The lowest BCUT2D eigenvalue weighted by atomic mass is 10.1. The topological polar surface area (TPSA) is 96.2 Å². The summed E-state index contributed by atoms with van der Waals surface area (Å²) in [6.07, 6.45) is 0.308. The molecule has 33 heavy (non-hydrogen) atoms. The number of hydrogen-bond donors (Lipinski definition) is 0. The van der Waals surface area contributed by atoms with Crippen molar-refractivity contribution in [3.05, 3.63) is 63.7 Å². The number of anilines is 2. The summed E-state index contributed by atoms with van der Waals surface area (Å²) in [5, 5.41) is 11.0. The smallest absolute Gasteiger partial charge is 0.410 e. The SMILES string of the molecule is CC(C)(C)OC(=O)N1CCN(c2ccc(C(=O)N3CCc4cc([N+](=O)[O-])ccc43)cc2)CC1. The second-order valence-electron chi connectivity index (χ2n) is 9.28. The number of hydrogen-bond acceptors (Lipinski definition) is 6. The molecule has 2 aliphatic heterocycles. The van der Waals surface area contributed by atoms with Gasteiger partial charge >= 0.3 is 6.09 Å². The number of nitro groups is 1. The Morgan fingerprint density at radius 3 is 2.24 bits per heavy atom. The summed E-state index contributed by atoms with van der Waals surface area (Å²) in [6, 6.07) is 12.1. The molecule has 2 amide bonds. The van der Waals surface area contributed by atoms with Crippen LogP contribution >= 0.6 is 0 Å². The Morgan fingerprint density at radius 2 is 1.64 bits per heavy atom. The van der Waals surface area contributed by atoms with Crippen LogP contribution in [0, 0.1) is 10.1 Å². The van der Waals surface area contributed by atoms with E-state index in [0.29, 0.717) is 44.7 Å². The summed E-state index contributed by atoms with van der Waals surface area (Å²) in [4.78, 5) is 41.5. The monoisotopic (exact) mass is 452 g/mol. The third-order valence-corrected chi connectivity index (χ3v) is 5.83. The van der Waals surface area contributed by atoms with Crippen molar-refractivity contribution in [2.75, 3.05) is 42.5 Å². The van der Waals surface area contributed by atoms with Gasteiger partial charge in [-0.3, -0.25) is 14.9 Å². The minimum atomic E-state index is -0.513. The molecule has 4 rings (SSSR count). The van der Waals surface area contributed by atoms with E-state index in [0.717, 1.165) is 16.9 Å². The van der Waals surface area contributed by atoms with Crippen LogP contribution in [0.5, 0.6) is 0 Å². The van der Waals surface area contributed by atoms with Gasteiger partial charge in [0.25, 0.3) is 11.6 Å². The molecule has 0 radical (unpaired) electrons. The predicted octanol–water partition coefficient (Wildman–Crippen LogP) is 3.85. The van der Waals surface area contributed by atoms with Gasteiger partial charge in [-0.15, -0.1) is 0 Å². The Morgan fingerprint density at radius 1 is 0.970 bits per heavy atom. The third-order valence-electron chi connectivity index (χ3n) is 5.83. The third kappa shape index (κ3) is 4.92. The molecule has 0 saturated carbocycles. The average molecular weight is 453 g/mol. The maximum atomic E-state index is 13.1. The summed E-state index contributed by atoms with van der Waals surface area (Å²) in [5.41, 5.74) is 2.63. The van der Waals surface area contributed by atoms with Gasteiger partial charge in [0.1, 0.15) is 5.60 Å². The number of fused-ring (bicyclic) bond motifs is 1. The van der Waals surface area contributed by atoms with Crippen molar-refractivity contribution in [2.24, 2.45) is 0 Å². The molecule has 1 fully saturated rings. The largest absolute Gasteiger partial charge is 0.444 e. The Balaban J connectivity index is 1.38. The predicted molar refractivity (Wildman–Crippen MR) is 125 cm³/mol. The van der Waals surface area contributed by atoms with Gasteiger partial charge in [0.2, 0.25) is 0 Å². The zero-order valence-corrected chi connectivity index (χ0v) is 19.1. The number of amides is 2. The molecule has 0 aromatic heterocycles. The maximum absolute atomic E-state index is 13.1. The van der Waals surface area contributed by atoms with E-state index in [2.05, 4.69) is 4.90 Å². The summed E-state index contributed by atoms with van der Waals surface area (Å²) in [5.74, 6) is -0.121. The van der Waals surface area contributed by atoms with E-state index in [1.54, 1.807) is 34.1 Å². The summed E-state index contributed by atoms with van der Waals surface area (Å²) in [7, 11) is 0. The van der Waals surface area contributed by atoms with Crippen molar-refractivity contribution < 1.29 is 19.2 Å². The molecule has 2 aromatic carbocycles. The fourth-order valence-electron chi connectivity index (χ4n) is 4.16. The van der Waals surface area contributed by atoms with Crippen molar-refractivity contribution in [3.63, 3.8) is 0 Å². The molecule has 2 aromatic rings. The zero-order valence-electron chi connectivity index (χ0n) is 19.1. The molecule has 0 aliphatic carbocycles. The molecule has 0 atom stereocenters. The molecule has 9 nitrogen and oxygen atoms in total. The highest BCUT2D eigenvalue weighted by Crippen LogP contribution is 2.32. The first kappa shape index (κ1) is 22.6. The lowest BCUT2D eigenvalue weighted by Gasteiger charge is -2.36. The van der Waals surface area contributed by atoms with Crippen LogP contribution < -0.4 is 9.80 Å². The molecular weight excluding hydrogens is 424 g/mol. The van der Waals surface area contributed by atoms with Crippen LogP contribution in [-0.2, 0) is 11.2 Å². The second kappa shape index (κ2) is 8.73. The van der Waals surface area contributed by atoms with Crippen LogP contribution in [-0.4, -0.2) is 60.1 Å². The highest BCUT2D eigenvalue weighted by atomic mass is 16.6. The minimum Gasteiger partial charge on any atom is -0.444 e. The fraction of sp³-hybridized carbons (Fsp3) is 0.417. The van der Waals surface area contributed by atoms with Gasteiger partial charge in [-0.25, -0.2) is 4.79 Å².